The predicted molar refractivity (Wildman–Crippen MR) is 50.8 cm³/mol. The standard InChI is InChI=1S/C9H11F2N.ClH/c1-2-9(12)6-3-7(10)5-8(11)4-6;/h3-5,9H,2,12H2,1H3;1H/t9-;/m0./s1. The molecule has 0 aliphatic rings. The molecular formula is C9H12ClF2N. The summed E-state index contributed by atoms with van der Waals surface area (Å²) in [7, 11) is 0. The van der Waals surface area contributed by atoms with Crippen molar-refractivity contribution in [2.45, 2.75) is 19.4 Å². The summed E-state index contributed by atoms with van der Waals surface area (Å²) in [5.74, 6) is -1.15. The average Bonchev–Trinajstić information content (AvgIpc) is 2.01. The van der Waals surface area contributed by atoms with Gasteiger partial charge >= 0.3 is 0 Å². The van der Waals surface area contributed by atoms with E-state index in [2.05, 4.69) is 0 Å². The van der Waals surface area contributed by atoms with Gasteiger partial charge in [0.25, 0.3) is 0 Å². The van der Waals surface area contributed by atoms with Crippen molar-refractivity contribution in [3.05, 3.63) is 35.4 Å². The van der Waals surface area contributed by atoms with Crippen molar-refractivity contribution in [1.29, 1.82) is 0 Å². The summed E-state index contributed by atoms with van der Waals surface area (Å²) < 4.78 is 25.3. The molecule has 1 nitrogen and oxygen atoms in total. The zero-order chi connectivity index (χ0) is 9.14. The van der Waals surface area contributed by atoms with Gasteiger partial charge in [-0.2, -0.15) is 0 Å². The van der Waals surface area contributed by atoms with Crippen LogP contribution < -0.4 is 5.73 Å². The minimum atomic E-state index is -0.575. The topological polar surface area (TPSA) is 26.0 Å². The fourth-order valence-corrected chi connectivity index (χ4v) is 1.02. The zero-order valence-electron chi connectivity index (χ0n) is 7.26. The van der Waals surface area contributed by atoms with Crippen LogP contribution in [0.15, 0.2) is 18.2 Å². The third kappa shape index (κ3) is 3.28. The first-order valence-corrected chi connectivity index (χ1v) is 3.85. The largest absolute Gasteiger partial charge is 0.324 e. The van der Waals surface area contributed by atoms with E-state index in [9.17, 15) is 8.78 Å². The van der Waals surface area contributed by atoms with E-state index in [0.29, 0.717) is 12.0 Å². The SMILES string of the molecule is CC[C@H](N)c1cc(F)cc(F)c1.Cl. The molecule has 0 spiro atoms. The quantitative estimate of drug-likeness (QED) is 0.793. The van der Waals surface area contributed by atoms with Crippen LogP contribution >= 0.6 is 12.4 Å². The fourth-order valence-electron chi connectivity index (χ4n) is 1.02. The highest BCUT2D eigenvalue weighted by Crippen LogP contribution is 2.16. The van der Waals surface area contributed by atoms with E-state index < -0.39 is 11.6 Å². The maximum atomic E-state index is 12.6. The molecule has 0 aromatic heterocycles. The molecule has 0 fully saturated rings. The lowest BCUT2D eigenvalue weighted by atomic mass is 10.1. The van der Waals surface area contributed by atoms with E-state index in [-0.39, 0.29) is 18.4 Å². The Morgan fingerprint density at radius 2 is 1.69 bits per heavy atom. The Bertz CT molecular complexity index is 258. The Labute approximate surface area is 82.4 Å². The monoisotopic (exact) mass is 207 g/mol. The Morgan fingerprint density at radius 1 is 1.23 bits per heavy atom. The van der Waals surface area contributed by atoms with Crippen LogP contribution in [0.4, 0.5) is 8.78 Å². The second-order valence-corrected chi connectivity index (χ2v) is 2.72. The van der Waals surface area contributed by atoms with E-state index >= 15 is 0 Å². The highest BCUT2D eigenvalue weighted by molar-refractivity contribution is 5.85. The molecule has 0 unspecified atom stereocenters. The summed E-state index contributed by atoms with van der Waals surface area (Å²) >= 11 is 0. The molecule has 4 heteroatoms. The van der Waals surface area contributed by atoms with Crippen molar-refractivity contribution < 1.29 is 8.78 Å². The van der Waals surface area contributed by atoms with E-state index in [4.69, 9.17) is 5.73 Å². The molecule has 0 radical (unpaired) electrons. The molecule has 1 rings (SSSR count). The molecule has 2 N–H and O–H groups in total. The van der Waals surface area contributed by atoms with Gasteiger partial charge in [-0.15, -0.1) is 12.4 Å². The van der Waals surface area contributed by atoms with Crippen molar-refractivity contribution in [2.75, 3.05) is 0 Å². The number of benzene rings is 1. The highest BCUT2D eigenvalue weighted by atomic mass is 35.5. The maximum absolute atomic E-state index is 12.6. The Morgan fingerprint density at radius 3 is 2.08 bits per heavy atom. The third-order valence-corrected chi connectivity index (χ3v) is 1.75. The summed E-state index contributed by atoms with van der Waals surface area (Å²) in [6.45, 7) is 1.87. The summed E-state index contributed by atoms with van der Waals surface area (Å²) in [6.07, 6.45) is 0.670. The lowest BCUT2D eigenvalue weighted by Crippen LogP contribution is -2.09. The van der Waals surface area contributed by atoms with Gasteiger partial charge in [0, 0.05) is 12.1 Å². The molecular weight excluding hydrogens is 196 g/mol. The molecule has 74 valence electrons. The van der Waals surface area contributed by atoms with E-state index in [1.165, 1.54) is 12.1 Å². The van der Waals surface area contributed by atoms with Crippen LogP contribution in [0.2, 0.25) is 0 Å². The average molecular weight is 208 g/mol. The first kappa shape index (κ1) is 12.3. The Kier molecular flexibility index (Phi) is 4.88. The van der Waals surface area contributed by atoms with Crippen LogP contribution in [0.3, 0.4) is 0 Å². The number of rotatable bonds is 2. The first-order valence-electron chi connectivity index (χ1n) is 3.85. The molecule has 0 bridgehead atoms. The molecule has 0 amide bonds. The Balaban J connectivity index is 0.00000144. The summed E-state index contributed by atoms with van der Waals surface area (Å²) in [5, 5.41) is 0. The minimum Gasteiger partial charge on any atom is -0.324 e. The van der Waals surface area contributed by atoms with E-state index in [0.717, 1.165) is 6.07 Å². The van der Waals surface area contributed by atoms with Crippen LogP contribution in [0.25, 0.3) is 0 Å². The van der Waals surface area contributed by atoms with Crippen molar-refractivity contribution in [3.8, 4) is 0 Å². The normalized spacial score (nSPS) is 12.0. The van der Waals surface area contributed by atoms with Crippen molar-refractivity contribution in [3.63, 3.8) is 0 Å². The van der Waals surface area contributed by atoms with Gasteiger partial charge in [0.1, 0.15) is 11.6 Å². The second kappa shape index (κ2) is 5.14. The van der Waals surface area contributed by atoms with Gasteiger partial charge in [-0.25, -0.2) is 8.78 Å². The number of halogens is 3. The predicted octanol–water partition coefficient (Wildman–Crippen LogP) is 2.80. The number of nitrogens with two attached hydrogens (primary N) is 1. The molecule has 1 aromatic carbocycles. The maximum Gasteiger partial charge on any atom is 0.126 e. The Hall–Kier alpha value is -0.670. The summed E-state index contributed by atoms with van der Waals surface area (Å²) in [6, 6.07) is 3.08. The van der Waals surface area contributed by atoms with Gasteiger partial charge in [0.15, 0.2) is 0 Å². The molecule has 0 saturated carbocycles. The molecule has 0 aliphatic carbocycles. The van der Waals surface area contributed by atoms with Gasteiger partial charge in [0.05, 0.1) is 0 Å². The van der Waals surface area contributed by atoms with Gasteiger partial charge in [-0.1, -0.05) is 6.92 Å². The molecule has 0 aliphatic heterocycles. The zero-order valence-corrected chi connectivity index (χ0v) is 8.07. The summed E-state index contributed by atoms with van der Waals surface area (Å²) in [5.41, 5.74) is 6.11. The van der Waals surface area contributed by atoms with Gasteiger partial charge in [0.2, 0.25) is 0 Å². The van der Waals surface area contributed by atoms with E-state index in [1.54, 1.807) is 0 Å². The van der Waals surface area contributed by atoms with Crippen LogP contribution in [0, 0.1) is 11.6 Å². The first-order chi connectivity index (χ1) is 5.63. The second-order valence-electron chi connectivity index (χ2n) is 2.72. The molecule has 1 aromatic rings. The minimum absolute atomic E-state index is 0. The summed E-state index contributed by atoms with van der Waals surface area (Å²) in [4.78, 5) is 0. The molecule has 1 atom stereocenters. The van der Waals surface area contributed by atoms with Gasteiger partial charge in [-0.05, 0) is 24.1 Å². The molecule has 13 heavy (non-hydrogen) atoms. The van der Waals surface area contributed by atoms with Gasteiger partial charge in [-0.3, -0.25) is 0 Å². The number of hydrogen-bond acceptors (Lipinski definition) is 1. The lowest BCUT2D eigenvalue weighted by molar-refractivity contribution is 0.571. The smallest absolute Gasteiger partial charge is 0.126 e. The third-order valence-electron chi connectivity index (χ3n) is 1.75. The highest BCUT2D eigenvalue weighted by Gasteiger charge is 2.06. The van der Waals surface area contributed by atoms with Crippen LogP contribution in [-0.4, -0.2) is 0 Å². The van der Waals surface area contributed by atoms with Crippen molar-refractivity contribution >= 4 is 12.4 Å². The van der Waals surface area contributed by atoms with Crippen molar-refractivity contribution in [1.82, 2.24) is 0 Å². The lowest BCUT2D eigenvalue weighted by Gasteiger charge is -2.08. The molecule has 0 saturated heterocycles. The number of hydrogen-bond donors (Lipinski definition) is 1. The molecule has 0 heterocycles. The van der Waals surface area contributed by atoms with Crippen molar-refractivity contribution in [2.24, 2.45) is 5.73 Å². The van der Waals surface area contributed by atoms with Crippen LogP contribution in [0.1, 0.15) is 24.9 Å². The van der Waals surface area contributed by atoms with Gasteiger partial charge < -0.3 is 5.73 Å². The van der Waals surface area contributed by atoms with Crippen LogP contribution in [0.5, 0.6) is 0 Å². The van der Waals surface area contributed by atoms with Crippen LogP contribution in [-0.2, 0) is 0 Å². The fraction of sp³-hybridized carbons (Fsp3) is 0.333. The van der Waals surface area contributed by atoms with E-state index in [1.807, 2.05) is 6.92 Å².